The SMILES string of the molecule is c1ccc(-c2nc(-c3ccccc3)nc(-c3ccccc3-n3c4cccc5c4c4c6c(c(-c7ccccc7)oc6ccc43)-c3ccccc3-5)n2)cc1. The van der Waals surface area contributed by atoms with Crippen molar-refractivity contribution in [3.63, 3.8) is 0 Å². The normalized spacial score (nSPS) is 11.8. The first-order chi connectivity index (χ1) is 25.8. The Hall–Kier alpha value is -7.11. The number of furan rings is 1. The van der Waals surface area contributed by atoms with E-state index in [0.717, 1.165) is 61.3 Å². The van der Waals surface area contributed by atoms with Crippen LogP contribution in [0.2, 0.25) is 0 Å². The predicted molar refractivity (Wildman–Crippen MR) is 210 cm³/mol. The van der Waals surface area contributed by atoms with Gasteiger partial charge in [0.25, 0.3) is 0 Å². The monoisotopic (exact) mass is 664 g/mol. The van der Waals surface area contributed by atoms with Gasteiger partial charge in [-0.25, -0.2) is 15.0 Å². The summed E-state index contributed by atoms with van der Waals surface area (Å²) in [7, 11) is 0. The third kappa shape index (κ3) is 4.20. The third-order valence-corrected chi connectivity index (χ3v) is 10.2. The Morgan fingerprint density at radius 1 is 0.365 bits per heavy atom. The second kappa shape index (κ2) is 11.2. The molecule has 0 atom stereocenters. The third-order valence-electron chi connectivity index (χ3n) is 10.2. The van der Waals surface area contributed by atoms with Crippen LogP contribution in [0.5, 0.6) is 0 Å². The number of nitrogens with zero attached hydrogens (tertiary/aromatic N) is 4. The molecule has 3 aromatic heterocycles. The minimum Gasteiger partial charge on any atom is -0.455 e. The Morgan fingerprint density at radius 3 is 1.60 bits per heavy atom. The molecule has 1 aliphatic carbocycles. The fourth-order valence-corrected chi connectivity index (χ4v) is 8.00. The van der Waals surface area contributed by atoms with Crippen molar-refractivity contribution in [2.24, 2.45) is 0 Å². The van der Waals surface area contributed by atoms with Gasteiger partial charge in [-0.15, -0.1) is 0 Å². The number of para-hydroxylation sites is 1. The molecular weight excluding hydrogens is 637 g/mol. The maximum absolute atomic E-state index is 6.80. The molecule has 0 fully saturated rings. The number of aromatic nitrogens is 4. The molecule has 52 heavy (non-hydrogen) atoms. The summed E-state index contributed by atoms with van der Waals surface area (Å²) in [4.78, 5) is 15.2. The van der Waals surface area contributed by atoms with E-state index in [2.05, 4.69) is 108 Å². The molecule has 7 aromatic carbocycles. The van der Waals surface area contributed by atoms with E-state index in [1.165, 1.54) is 27.5 Å². The molecule has 0 N–H and O–H groups in total. The van der Waals surface area contributed by atoms with E-state index >= 15 is 0 Å². The molecule has 5 heteroatoms. The first kappa shape index (κ1) is 28.7. The summed E-state index contributed by atoms with van der Waals surface area (Å²) in [5.41, 5.74) is 12.6. The van der Waals surface area contributed by atoms with Crippen molar-refractivity contribution < 1.29 is 4.42 Å². The highest BCUT2D eigenvalue weighted by atomic mass is 16.3. The molecule has 0 aliphatic heterocycles. The van der Waals surface area contributed by atoms with E-state index in [-0.39, 0.29) is 0 Å². The van der Waals surface area contributed by atoms with Crippen LogP contribution in [0.3, 0.4) is 0 Å². The molecule has 0 unspecified atom stereocenters. The van der Waals surface area contributed by atoms with Crippen LogP contribution in [0, 0.1) is 0 Å². The molecule has 0 saturated carbocycles. The highest BCUT2D eigenvalue weighted by Crippen LogP contribution is 2.53. The van der Waals surface area contributed by atoms with Crippen molar-refractivity contribution >= 4 is 32.8 Å². The topological polar surface area (TPSA) is 56.7 Å². The number of rotatable bonds is 5. The van der Waals surface area contributed by atoms with Gasteiger partial charge in [-0.1, -0.05) is 140 Å². The smallest absolute Gasteiger partial charge is 0.166 e. The van der Waals surface area contributed by atoms with E-state index in [0.29, 0.717) is 17.5 Å². The lowest BCUT2D eigenvalue weighted by molar-refractivity contribution is 0.632. The summed E-state index contributed by atoms with van der Waals surface area (Å²) in [5, 5.41) is 3.52. The van der Waals surface area contributed by atoms with E-state index in [1.54, 1.807) is 0 Å². The van der Waals surface area contributed by atoms with Gasteiger partial charge in [0.05, 0.1) is 16.7 Å². The second-order valence-electron chi connectivity index (χ2n) is 13.1. The minimum atomic E-state index is 0.614. The van der Waals surface area contributed by atoms with E-state index in [4.69, 9.17) is 19.4 Å². The lowest BCUT2D eigenvalue weighted by Gasteiger charge is -2.15. The zero-order valence-corrected chi connectivity index (χ0v) is 27.9. The van der Waals surface area contributed by atoms with Gasteiger partial charge in [-0.05, 0) is 47.0 Å². The van der Waals surface area contributed by atoms with Crippen LogP contribution >= 0.6 is 0 Å². The Bertz CT molecular complexity index is 2940. The van der Waals surface area contributed by atoms with Crippen molar-refractivity contribution in [3.8, 4) is 73.4 Å². The number of hydrogen-bond acceptors (Lipinski definition) is 4. The maximum Gasteiger partial charge on any atom is 0.166 e. The van der Waals surface area contributed by atoms with Crippen LogP contribution in [-0.2, 0) is 0 Å². The van der Waals surface area contributed by atoms with Crippen molar-refractivity contribution in [2.75, 3.05) is 0 Å². The molecule has 3 heterocycles. The quantitative estimate of drug-likeness (QED) is 0.184. The lowest BCUT2D eigenvalue weighted by Crippen LogP contribution is -2.03. The zero-order chi connectivity index (χ0) is 34.2. The number of hydrogen-bond donors (Lipinski definition) is 0. The van der Waals surface area contributed by atoms with Crippen molar-refractivity contribution in [3.05, 3.63) is 170 Å². The molecule has 0 bridgehead atoms. The Balaban J connectivity index is 1.24. The lowest BCUT2D eigenvalue weighted by atomic mass is 9.93. The van der Waals surface area contributed by atoms with Crippen LogP contribution in [0.15, 0.2) is 174 Å². The summed E-state index contributed by atoms with van der Waals surface area (Å²) >= 11 is 0. The molecule has 0 saturated heterocycles. The average molecular weight is 665 g/mol. The molecule has 5 nitrogen and oxygen atoms in total. The molecular formula is C47H28N4O. The summed E-state index contributed by atoms with van der Waals surface area (Å²) < 4.78 is 9.18. The minimum absolute atomic E-state index is 0.614. The van der Waals surface area contributed by atoms with Gasteiger partial charge in [-0.2, -0.15) is 0 Å². The van der Waals surface area contributed by atoms with Gasteiger partial charge in [0.15, 0.2) is 17.5 Å². The predicted octanol–water partition coefficient (Wildman–Crippen LogP) is 12.0. The van der Waals surface area contributed by atoms with Crippen molar-refractivity contribution in [2.45, 2.75) is 0 Å². The van der Waals surface area contributed by atoms with Crippen LogP contribution in [0.1, 0.15) is 0 Å². The molecule has 11 rings (SSSR count). The van der Waals surface area contributed by atoms with Gasteiger partial charge in [0, 0.05) is 44.0 Å². The zero-order valence-electron chi connectivity index (χ0n) is 27.9. The van der Waals surface area contributed by atoms with Crippen LogP contribution in [0.4, 0.5) is 0 Å². The standard InChI is InChI=1S/C47H28N4O/c1-4-15-29(16-5-1)44-41-34-22-11-10-21-32(34)33-24-14-26-37-40(33)42-38(27-28-39(52-44)43(41)42)51(37)36-25-13-12-23-35(36)47-49-45(30-17-6-2-7-18-30)48-46(50-47)31-19-8-3-9-20-31/h1-28H. The highest BCUT2D eigenvalue weighted by Gasteiger charge is 2.30. The fourth-order valence-electron chi connectivity index (χ4n) is 8.00. The van der Waals surface area contributed by atoms with Gasteiger partial charge in [-0.3, -0.25) is 0 Å². The summed E-state index contributed by atoms with van der Waals surface area (Å²) in [6, 6.07) is 58.9. The summed E-state index contributed by atoms with van der Waals surface area (Å²) in [6.07, 6.45) is 0. The molecule has 10 aromatic rings. The largest absolute Gasteiger partial charge is 0.455 e. The van der Waals surface area contributed by atoms with Crippen LogP contribution < -0.4 is 0 Å². The molecule has 242 valence electrons. The maximum atomic E-state index is 6.80. The van der Waals surface area contributed by atoms with Gasteiger partial charge in [0.2, 0.25) is 0 Å². The second-order valence-corrected chi connectivity index (χ2v) is 13.1. The van der Waals surface area contributed by atoms with Gasteiger partial charge < -0.3 is 8.98 Å². The van der Waals surface area contributed by atoms with E-state index in [9.17, 15) is 0 Å². The highest BCUT2D eigenvalue weighted by molar-refractivity contribution is 6.31. The van der Waals surface area contributed by atoms with Crippen LogP contribution in [-0.4, -0.2) is 19.5 Å². The van der Waals surface area contributed by atoms with Crippen molar-refractivity contribution in [1.29, 1.82) is 0 Å². The van der Waals surface area contributed by atoms with Gasteiger partial charge >= 0.3 is 0 Å². The first-order valence-corrected chi connectivity index (χ1v) is 17.5. The summed E-state index contributed by atoms with van der Waals surface area (Å²) in [6.45, 7) is 0. The number of benzene rings is 7. The van der Waals surface area contributed by atoms with E-state index < -0.39 is 0 Å². The molecule has 1 aliphatic rings. The van der Waals surface area contributed by atoms with Crippen LogP contribution in [0.25, 0.3) is 106 Å². The molecule has 0 spiro atoms. The van der Waals surface area contributed by atoms with Crippen molar-refractivity contribution in [1.82, 2.24) is 19.5 Å². The average Bonchev–Trinajstić information content (AvgIpc) is 3.74. The molecule has 0 amide bonds. The Kier molecular flexibility index (Phi) is 6.18. The fraction of sp³-hybridized carbons (Fsp3) is 0. The Morgan fingerprint density at radius 2 is 0.904 bits per heavy atom. The summed E-state index contributed by atoms with van der Waals surface area (Å²) in [5.74, 6) is 2.76. The first-order valence-electron chi connectivity index (χ1n) is 17.5. The Labute approximate surface area is 299 Å². The van der Waals surface area contributed by atoms with Gasteiger partial charge in [0.1, 0.15) is 11.3 Å². The number of fused-ring (bicyclic) bond motifs is 3. The van der Waals surface area contributed by atoms with E-state index in [1.807, 2.05) is 66.7 Å². The molecule has 0 radical (unpaired) electrons.